The molecule has 0 atom stereocenters. The number of rotatable bonds is 7. The Morgan fingerprint density at radius 2 is 0.736 bits per heavy atom. The van der Waals surface area contributed by atoms with Crippen molar-refractivity contribution in [3.05, 3.63) is 73.4 Å². The summed E-state index contributed by atoms with van der Waals surface area (Å²) in [6.45, 7) is 73.9. The van der Waals surface area contributed by atoms with Gasteiger partial charge in [0.15, 0.2) is 0 Å². The normalized spacial score (nSPS) is 7.17. The lowest BCUT2D eigenvalue weighted by atomic mass is 10.1. The monoisotopic (exact) mass is 1280 g/mol. The number of hydrogen-bond donors (Lipinski definition) is 11. The second-order valence-corrected chi connectivity index (χ2v) is 14.3. The van der Waals surface area contributed by atoms with Crippen molar-refractivity contribution in [1.82, 2.24) is 35.7 Å². The molecule has 1 aromatic rings. The van der Waals surface area contributed by atoms with Gasteiger partial charge in [-0.05, 0) is 131 Å². The van der Waals surface area contributed by atoms with Crippen LogP contribution in [0, 0.1) is 17.8 Å². The molecule has 0 bridgehead atoms. The molecule has 0 saturated carbocycles. The summed E-state index contributed by atoms with van der Waals surface area (Å²) >= 11 is 0. The maximum atomic E-state index is 10.7. The molecular weight excluding hydrogens is 1110 g/mol. The van der Waals surface area contributed by atoms with Gasteiger partial charge in [0, 0.05) is 26.1 Å². The van der Waals surface area contributed by atoms with E-state index in [9.17, 15) is 4.79 Å². The predicted octanol–water partition coefficient (Wildman–Crippen LogP) is 13.2. The fourth-order valence-corrected chi connectivity index (χ4v) is 2.36. The van der Waals surface area contributed by atoms with Crippen LogP contribution in [0.3, 0.4) is 0 Å². The van der Waals surface area contributed by atoms with Crippen molar-refractivity contribution in [3.63, 3.8) is 0 Å². The third-order valence-corrected chi connectivity index (χ3v) is 6.32. The highest BCUT2D eigenvalue weighted by atomic mass is 16.3. The molecule has 0 unspecified atom stereocenters. The van der Waals surface area contributed by atoms with E-state index in [-0.39, 0.29) is 42.8 Å². The molecule has 23 heteroatoms. The number of hydrogen-bond acceptors (Lipinski definition) is 22. The van der Waals surface area contributed by atoms with Crippen LogP contribution in [0.1, 0.15) is 202 Å². The summed E-state index contributed by atoms with van der Waals surface area (Å²) in [6.07, 6.45) is 16.1. The van der Waals surface area contributed by atoms with Gasteiger partial charge >= 0.3 is 0 Å². The number of nitrogens with two attached hydrogens (primary N) is 5. The molecule has 1 fully saturated rings. The highest BCUT2D eigenvalue weighted by Crippen LogP contribution is 2.07. The van der Waals surface area contributed by atoms with Crippen LogP contribution < -0.4 is 59.4 Å². The average Bonchev–Trinajstić information content (AvgIpc) is 3.56. The van der Waals surface area contributed by atoms with Gasteiger partial charge in [0.25, 0.3) is 0 Å². The average molecular weight is 1280 g/mol. The van der Waals surface area contributed by atoms with Gasteiger partial charge in [-0.3, -0.25) is 4.79 Å². The zero-order valence-electron chi connectivity index (χ0n) is 62.0. The van der Waals surface area contributed by atoms with Gasteiger partial charge in [-0.15, -0.1) is 19.7 Å². The minimum absolute atomic E-state index is 0. The fraction of sp³-hybridized carbons (Fsp3) is 0.641. The highest BCUT2D eigenvalue weighted by Gasteiger charge is 2.11. The number of nitrogens with zero attached hydrogens (tertiary/aromatic N) is 1. The number of carbonyl (C=O) groups is 11. The number of unbranched alkanes of at least 4 members (excludes halogenated alkanes) is 1. The van der Waals surface area contributed by atoms with Crippen molar-refractivity contribution < 1.29 is 57.8 Å². The zero-order chi connectivity index (χ0) is 72.8. The third-order valence-electron chi connectivity index (χ3n) is 6.32. The van der Waals surface area contributed by atoms with Crippen LogP contribution in [0.25, 0.3) is 0 Å². The van der Waals surface area contributed by atoms with Crippen molar-refractivity contribution in [2.45, 2.75) is 209 Å². The molecule has 0 radical (unpaired) electrons. The maximum Gasteiger partial charge on any atom is 0.219 e. The van der Waals surface area contributed by atoms with Gasteiger partial charge in [-0.2, -0.15) is 0 Å². The number of piperidine rings is 1. The Morgan fingerprint density at radius 1 is 0.529 bits per heavy atom. The second-order valence-electron chi connectivity index (χ2n) is 14.3. The topological polar surface area (TPSA) is 516 Å². The van der Waals surface area contributed by atoms with E-state index in [1.54, 1.807) is 20.8 Å². The van der Waals surface area contributed by atoms with Gasteiger partial charge in [0.05, 0.1) is 0 Å². The van der Waals surface area contributed by atoms with Crippen molar-refractivity contribution in [2.24, 2.45) is 46.4 Å². The molecular formula is C64H161N11O12. The summed E-state index contributed by atoms with van der Waals surface area (Å²) in [5, 5.41) is 8.06. The number of likely N-dealkylation sites (tertiary alicyclic amines) is 1. The van der Waals surface area contributed by atoms with Crippen LogP contribution in [0.4, 0.5) is 0 Å². The van der Waals surface area contributed by atoms with Gasteiger partial charge < -0.3 is 117 Å². The lowest BCUT2D eigenvalue weighted by molar-refractivity contribution is -0.129. The first-order valence-corrected chi connectivity index (χ1v) is 27.0. The van der Waals surface area contributed by atoms with E-state index in [0.717, 1.165) is 56.7 Å². The molecule has 23 nitrogen and oxygen atoms in total. The van der Waals surface area contributed by atoms with Crippen LogP contribution >= 0.6 is 0 Å². The number of amides is 1. The molecule has 0 aromatic heterocycles. The Balaban J connectivity index is -0.0000000164. The predicted molar refractivity (Wildman–Crippen MR) is 394 cm³/mol. The first-order valence-electron chi connectivity index (χ1n) is 27.0. The Kier molecular flexibility index (Phi) is 732. The number of aryl methyl sites for hydroxylation is 1. The summed E-state index contributed by atoms with van der Waals surface area (Å²) < 4.78 is 0. The molecule has 26 N–H and O–H groups in total. The van der Waals surface area contributed by atoms with Crippen molar-refractivity contribution in [1.29, 1.82) is 0 Å². The molecule has 0 spiro atoms. The second kappa shape index (κ2) is 345. The molecule has 1 aromatic carbocycles. The van der Waals surface area contributed by atoms with E-state index in [2.05, 4.69) is 169 Å². The first-order chi connectivity index (χ1) is 39.3. The van der Waals surface area contributed by atoms with E-state index >= 15 is 0 Å². The fourth-order valence-electron chi connectivity index (χ4n) is 2.36. The number of aliphatic hydroxyl groups excluding tert-OH is 1. The van der Waals surface area contributed by atoms with Crippen LogP contribution in [-0.4, -0.2) is 138 Å². The summed E-state index contributed by atoms with van der Waals surface area (Å²) in [5.41, 5.74) is 25.8. The Labute approximate surface area is 541 Å². The summed E-state index contributed by atoms with van der Waals surface area (Å²) in [6, 6.07) is 10.5. The molecule has 0 aliphatic carbocycles. The summed E-state index contributed by atoms with van der Waals surface area (Å²) in [4.78, 5) is 92.6. The van der Waals surface area contributed by atoms with E-state index in [0.29, 0.717) is 0 Å². The molecule has 87 heavy (non-hydrogen) atoms. The van der Waals surface area contributed by atoms with Crippen LogP contribution in [-0.2, 0) is 59.2 Å². The van der Waals surface area contributed by atoms with E-state index in [1.807, 2.05) is 107 Å². The molecule has 1 aliphatic rings. The third kappa shape index (κ3) is 715. The lowest BCUT2D eigenvalue weighted by Gasteiger charge is -2.24. The quantitative estimate of drug-likeness (QED) is 0.113. The molecule has 2 rings (SSSR count). The van der Waals surface area contributed by atoms with Crippen LogP contribution in [0.5, 0.6) is 0 Å². The standard InChI is InChI=1S/C8H10.C7H13NO.2C5H12.2C5H10.C4H11N.C4H10.C3H8O.C2H6.C2H4.4CH5N.10CH2O.5H3N/c1-2-8-6-4-3-5-7-8;1-7(9)8-5-3-2-4-6-8;3*1-4-5(2)3;1-3-5-4-2;1-2-3-4-5;1-4(2)3;1-3(2)4;16*1-2;;;;;/h3-7H,2H2,1H3;2-6H2,1H3;2*5H,4H2,1-3H3;2,4H2,1,3H3;3,5H,4H2,1-2H3;2-5H2,1H3;4H,1-3H3;3-4H,1-2H3;1-2H3;1-2H2;4*2H2,1H3;10*1H2;5*1H3/b;;;;;5-3-;;;;;;;;;;;;;;;;;;;;;;;;. The number of aliphatic hydroxyl groups is 1. The minimum Gasteiger partial charge on any atom is -0.394 e. The largest absolute Gasteiger partial charge is 0.394 e. The minimum atomic E-state index is -0.167. The Bertz CT molecular complexity index is 912. The zero-order valence-corrected chi connectivity index (χ0v) is 62.0. The Hall–Kier alpha value is -5.83. The van der Waals surface area contributed by atoms with E-state index in [1.165, 1.54) is 84.3 Å². The van der Waals surface area contributed by atoms with E-state index < -0.39 is 0 Å². The first kappa shape index (κ1) is 185. The smallest absolute Gasteiger partial charge is 0.219 e. The van der Waals surface area contributed by atoms with Gasteiger partial charge in [0.2, 0.25) is 5.91 Å². The van der Waals surface area contributed by atoms with Crippen molar-refractivity contribution in [2.75, 3.05) is 47.8 Å². The number of benzene rings is 1. The van der Waals surface area contributed by atoms with Gasteiger partial charge in [-0.25, -0.2) is 0 Å². The van der Waals surface area contributed by atoms with Crippen molar-refractivity contribution >= 4 is 73.8 Å². The number of carbonyl (C=O) groups excluding carboxylic acids is 11. The lowest BCUT2D eigenvalue weighted by Crippen LogP contribution is -2.33. The van der Waals surface area contributed by atoms with Crippen LogP contribution in [0.2, 0.25) is 0 Å². The molecule has 544 valence electrons. The maximum absolute atomic E-state index is 10.7. The molecule has 1 heterocycles. The highest BCUT2D eigenvalue weighted by molar-refractivity contribution is 5.73. The Morgan fingerprint density at radius 3 is 0.805 bits per heavy atom. The van der Waals surface area contributed by atoms with Crippen LogP contribution in [0.15, 0.2) is 67.8 Å². The molecule has 1 amide bonds. The molecule has 1 aliphatic heterocycles. The van der Waals surface area contributed by atoms with Crippen molar-refractivity contribution in [3.8, 4) is 0 Å². The summed E-state index contributed by atoms with van der Waals surface area (Å²) in [5.74, 6) is 2.83. The molecule has 1 saturated heterocycles. The SMILES string of the molecule is C/C=C\CC.C=C.C=C(C)CC.C=O.C=O.C=O.C=O.C=O.C=O.C=O.C=O.C=O.C=O.CC.CC(=O)N1CCCCC1.CC(C)C.CC(C)O.CCC(C)C.CCC(C)C.CCCCN.CCc1ccccc1.CN.CN.CN.CN.N.N.N.N.N. The number of allylic oxidation sites excluding steroid dienone is 3. The summed E-state index contributed by atoms with van der Waals surface area (Å²) in [7, 11) is 6.00. The van der Waals surface area contributed by atoms with E-state index in [4.69, 9.17) is 58.8 Å². The van der Waals surface area contributed by atoms with Gasteiger partial charge in [0.1, 0.15) is 67.9 Å². The van der Waals surface area contributed by atoms with Gasteiger partial charge in [-0.1, -0.05) is 171 Å².